The van der Waals surface area contributed by atoms with E-state index in [1.165, 1.54) is 15.0 Å². The standard InChI is InChI=1S/C7H6S2/c1-5-4-9-6-2-3-8-7(5)6/h2-4H,1H3. The molecule has 0 saturated carbocycles. The Morgan fingerprint density at radius 3 is 3.00 bits per heavy atom. The Morgan fingerprint density at radius 2 is 2.22 bits per heavy atom. The molecule has 0 aliphatic carbocycles. The molecule has 2 aromatic rings. The molecule has 0 saturated heterocycles. The topological polar surface area (TPSA) is 0 Å². The summed E-state index contributed by atoms with van der Waals surface area (Å²) in [5, 5.41) is 4.36. The smallest absolute Gasteiger partial charge is 0.0479 e. The Bertz CT molecular complexity index is 316. The van der Waals surface area contributed by atoms with Crippen molar-refractivity contribution in [2.24, 2.45) is 0 Å². The first kappa shape index (κ1) is 5.45. The summed E-state index contributed by atoms with van der Waals surface area (Å²) in [7, 11) is 0. The van der Waals surface area contributed by atoms with Crippen LogP contribution in [0.5, 0.6) is 0 Å². The fraction of sp³-hybridized carbons (Fsp3) is 0.143. The van der Waals surface area contributed by atoms with Crippen LogP contribution in [-0.4, -0.2) is 0 Å². The maximum absolute atomic E-state index is 2.21. The first-order valence-electron chi connectivity index (χ1n) is 2.79. The van der Waals surface area contributed by atoms with Crippen molar-refractivity contribution in [2.45, 2.75) is 6.92 Å². The average Bonchev–Trinajstić information content (AvgIpc) is 2.35. The minimum absolute atomic E-state index is 1.42. The lowest BCUT2D eigenvalue weighted by molar-refractivity contribution is 1.62. The molecule has 46 valence electrons. The third-order valence-corrected chi connectivity index (χ3v) is 3.59. The van der Waals surface area contributed by atoms with Crippen molar-refractivity contribution >= 4 is 32.1 Å². The van der Waals surface area contributed by atoms with Crippen LogP contribution in [0.2, 0.25) is 0 Å². The van der Waals surface area contributed by atoms with Gasteiger partial charge in [0.15, 0.2) is 0 Å². The maximum Gasteiger partial charge on any atom is 0.0479 e. The zero-order valence-electron chi connectivity index (χ0n) is 5.05. The molecule has 0 nitrogen and oxygen atoms in total. The second-order valence-corrected chi connectivity index (χ2v) is 3.86. The fourth-order valence-corrected chi connectivity index (χ4v) is 2.94. The van der Waals surface area contributed by atoms with Crippen LogP contribution < -0.4 is 0 Å². The van der Waals surface area contributed by atoms with Crippen LogP contribution in [0.25, 0.3) is 9.40 Å². The van der Waals surface area contributed by atoms with Gasteiger partial charge in [0.25, 0.3) is 0 Å². The highest BCUT2D eigenvalue weighted by molar-refractivity contribution is 7.26. The molecule has 0 unspecified atom stereocenters. The van der Waals surface area contributed by atoms with E-state index in [4.69, 9.17) is 0 Å². The van der Waals surface area contributed by atoms with Crippen LogP contribution in [0.3, 0.4) is 0 Å². The third-order valence-electron chi connectivity index (χ3n) is 1.35. The van der Waals surface area contributed by atoms with Gasteiger partial charge in [0.05, 0.1) is 0 Å². The van der Waals surface area contributed by atoms with E-state index in [1.54, 1.807) is 0 Å². The zero-order valence-corrected chi connectivity index (χ0v) is 6.68. The van der Waals surface area contributed by atoms with Crippen molar-refractivity contribution < 1.29 is 0 Å². The van der Waals surface area contributed by atoms with Crippen LogP contribution in [0, 0.1) is 6.92 Å². The molecule has 2 rings (SSSR count). The van der Waals surface area contributed by atoms with Crippen molar-refractivity contribution in [2.75, 3.05) is 0 Å². The van der Waals surface area contributed by atoms with Crippen LogP contribution in [-0.2, 0) is 0 Å². The van der Waals surface area contributed by atoms with Gasteiger partial charge < -0.3 is 0 Å². The second-order valence-electron chi connectivity index (χ2n) is 2.03. The quantitative estimate of drug-likeness (QED) is 0.546. The molecule has 0 bridgehead atoms. The second kappa shape index (κ2) is 1.82. The molecule has 2 aromatic heterocycles. The van der Waals surface area contributed by atoms with Crippen LogP contribution in [0.1, 0.15) is 5.56 Å². The summed E-state index contributed by atoms with van der Waals surface area (Å²) in [5.41, 5.74) is 1.42. The minimum Gasteiger partial charge on any atom is -0.143 e. The van der Waals surface area contributed by atoms with E-state index in [2.05, 4.69) is 23.8 Å². The lowest BCUT2D eigenvalue weighted by Gasteiger charge is -1.75. The highest BCUT2D eigenvalue weighted by atomic mass is 32.1. The molecular weight excluding hydrogens is 148 g/mol. The number of thiophene rings is 2. The molecular formula is C7H6S2. The Morgan fingerprint density at radius 1 is 1.33 bits per heavy atom. The van der Waals surface area contributed by atoms with E-state index in [0.29, 0.717) is 0 Å². The van der Waals surface area contributed by atoms with E-state index in [-0.39, 0.29) is 0 Å². The van der Waals surface area contributed by atoms with Crippen molar-refractivity contribution in [1.82, 2.24) is 0 Å². The molecule has 0 amide bonds. The first-order chi connectivity index (χ1) is 4.38. The van der Waals surface area contributed by atoms with Gasteiger partial charge in [-0.15, -0.1) is 22.7 Å². The summed E-state index contributed by atoms with van der Waals surface area (Å²) < 4.78 is 2.89. The van der Waals surface area contributed by atoms with Crippen molar-refractivity contribution in [3.05, 3.63) is 22.4 Å². The number of rotatable bonds is 0. The third kappa shape index (κ3) is 0.705. The van der Waals surface area contributed by atoms with Gasteiger partial charge in [-0.1, -0.05) is 0 Å². The van der Waals surface area contributed by atoms with E-state index in [1.807, 2.05) is 22.7 Å². The molecule has 2 heteroatoms. The average molecular weight is 154 g/mol. The van der Waals surface area contributed by atoms with E-state index in [9.17, 15) is 0 Å². The Hall–Kier alpha value is -0.340. The van der Waals surface area contributed by atoms with E-state index in [0.717, 1.165) is 0 Å². The first-order valence-corrected chi connectivity index (χ1v) is 4.55. The molecule has 0 spiro atoms. The number of aryl methyl sites for hydroxylation is 1. The summed E-state index contributed by atoms with van der Waals surface area (Å²) in [6, 6.07) is 2.18. The molecule has 0 N–H and O–H groups in total. The molecule has 2 heterocycles. The monoisotopic (exact) mass is 154 g/mol. The molecule has 0 fully saturated rings. The predicted octanol–water partition coefficient (Wildman–Crippen LogP) is 3.27. The lowest BCUT2D eigenvalue weighted by atomic mass is 10.4. The summed E-state index contributed by atoms with van der Waals surface area (Å²) in [4.78, 5) is 0. The fourth-order valence-electron chi connectivity index (χ4n) is 0.883. The summed E-state index contributed by atoms with van der Waals surface area (Å²) in [6.45, 7) is 2.16. The summed E-state index contributed by atoms with van der Waals surface area (Å²) in [5.74, 6) is 0. The highest BCUT2D eigenvalue weighted by Gasteiger charge is 1.97. The Labute approximate surface area is 61.8 Å². The van der Waals surface area contributed by atoms with Crippen LogP contribution in [0.4, 0.5) is 0 Å². The Balaban J connectivity index is 2.99. The number of fused-ring (bicyclic) bond motifs is 1. The van der Waals surface area contributed by atoms with Crippen molar-refractivity contribution in [1.29, 1.82) is 0 Å². The maximum atomic E-state index is 2.21. The number of hydrogen-bond acceptors (Lipinski definition) is 2. The van der Waals surface area contributed by atoms with Crippen molar-refractivity contribution in [3.63, 3.8) is 0 Å². The van der Waals surface area contributed by atoms with Gasteiger partial charge in [-0.3, -0.25) is 0 Å². The molecule has 0 aliphatic heterocycles. The van der Waals surface area contributed by atoms with Crippen LogP contribution >= 0.6 is 22.7 Å². The van der Waals surface area contributed by atoms with Gasteiger partial charge in [0, 0.05) is 9.40 Å². The molecule has 0 atom stereocenters. The molecule has 9 heavy (non-hydrogen) atoms. The summed E-state index contributed by atoms with van der Waals surface area (Å²) in [6.07, 6.45) is 0. The van der Waals surface area contributed by atoms with Gasteiger partial charge in [-0.05, 0) is 29.3 Å². The summed E-state index contributed by atoms with van der Waals surface area (Å²) >= 11 is 3.66. The van der Waals surface area contributed by atoms with E-state index < -0.39 is 0 Å². The SMILES string of the molecule is Cc1csc2ccsc12. The largest absolute Gasteiger partial charge is 0.143 e. The molecule has 0 aromatic carbocycles. The van der Waals surface area contributed by atoms with Gasteiger partial charge >= 0.3 is 0 Å². The molecule has 0 radical (unpaired) electrons. The van der Waals surface area contributed by atoms with E-state index >= 15 is 0 Å². The Kier molecular flexibility index (Phi) is 1.10. The highest BCUT2D eigenvalue weighted by Crippen LogP contribution is 2.29. The van der Waals surface area contributed by atoms with Gasteiger partial charge in [0.2, 0.25) is 0 Å². The number of hydrogen-bond donors (Lipinski definition) is 0. The van der Waals surface area contributed by atoms with Gasteiger partial charge in [0.1, 0.15) is 0 Å². The minimum atomic E-state index is 1.42. The normalized spacial score (nSPS) is 10.8. The zero-order chi connectivity index (χ0) is 6.27. The van der Waals surface area contributed by atoms with Gasteiger partial charge in [-0.2, -0.15) is 0 Å². The molecule has 0 aliphatic rings. The predicted molar refractivity (Wildman–Crippen MR) is 44.4 cm³/mol. The van der Waals surface area contributed by atoms with Crippen molar-refractivity contribution in [3.8, 4) is 0 Å². The lowest BCUT2D eigenvalue weighted by Crippen LogP contribution is -1.53. The van der Waals surface area contributed by atoms with Crippen LogP contribution in [0.15, 0.2) is 16.8 Å². The van der Waals surface area contributed by atoms with Gasteiger partial charge in [-0.25, -0.2) is 0 Å².